The van der Waals surface area contributed by atoms with E-state index in [1.165, 1.54) is 0 Å². The molecule has 0 aromatic carbocycles. The van der Waals surface area contributed by atoms with Crippen molar-refractivity contribution in [2.24, 2.45) is 0 Å². The van der Waals surface area contributed by atoms with E-state index in [-0.39, 0.29) is 19.9 Å². The Morgan fingerprint density at radius 3 is 2.77 bits per heavy atom. The Bertz CT molecular complexity index is 172. The second-order valence-corrected chi connectivity index (χ2v) is 2.45. The Kier molecular flexibility index (Phi) is 10.1. The number of hydrogen-bond donors (Lipinski definition) is 1. The van der Waals surface area contributed by atoms with Crippen LogP contribution in [0.2, 0.25) is 0 Å². The minimum Gasteiger partial charge on any atom is -0.356 e. The van der Waals surface area contributed by atoms with Crippen molar-refractivity contribution < 1.29 is 9.53 Å². The first kappa shape index (κ1) is 14.5. The smallest absolute Gasteiger partial charge is 0.248 e. The quantitative estimate of drug-likeness (QED) is 0.653. The largest absolute Gasteiger partial charge is 0.356 e. The molecule has 0 rings (SSSR count). The summed E-state index contributed by atoms with van der Waals surface area (Å²) in [6.45, 7) is 4.54. The topological polar surface area (TPSA) is 38.3 Å². The van der Waals surface area contributed by atoms with Crippen molar-refractivity contribution in [2.45, 2.75) is 33.8 Å². The van der Waals surface area contributed by atoms with Crippen LogP contribution in [-0.4, -0.2) is 25.2 Å². The first-order valence-corrected chi connectivity index (χ1v) is 4.05. The third-order valence-corrected chi connectivity index (χ3v) is 1.34. The van der Waals surface area contributed by atoms with Gasteiger partial charge < -0.3 is 10.1 Å². The molecule has 1 unspecified atom stereocenters. The molecule has 0 heterocycles. The lowest BCUT2D eigenvalue weighted by Gasteiger charge is -2.10. The van der Waals surface area contributed by atoms with Crippen LogP contribution in [0.4, 0.5) is 0 Å². The van der Waals surface area contributed by atoms with Gasteiger partial charge in [-0.2, -0.15) is 0 Å². The lowest BCUT2D eigenvalue weighted by atomic mass is 10.3. The highest BCUT2D eigenvalue weighted by atomic mass is 16.5. The number of ether oxygens (including phenoxy) is 1. The number of nitrogens with one attached hydrogen (secondary N) is 1. The van der Waals surface area contributed by atoms with Crippen molar-refractivity contribution >= 4 is 5.91 Å². The lowest BCUT2D eigenvalue weighted by molar-refractivity contribution is -0.130. The molecule has 1 atom stereocenters. The highest BCUT2D eigenvalue weighted by molar-refractivity contribution is 5.80. The molecule has 1 N–H and O–H groups in total. The molecule has 0 bridgehead atoms. The maximum Gasteiger partial charge on any atom is 0.248 e. The van der Waals surface area contributed by atoms with Gasteiger partial charge in [0, 0.05) is 6.54 Å². The molecular weight excluding hydrogens is 166 g/mol. The van der Waals surface area contributed by atoms with Gasteiger partial charge >= 0.3 is 0 Å². The van der Waals surface area contributed by atoms with E-state index in [2.05, 4.69) is 11.2 Å². The normalized spacial score (nSPS) is 10.8. The summed E-state index contributed by atoms with van der Waals surface area (Å²) in [5.41, 5.74) is 0. The Morgan fingerprint density at radius 1 is 1.69 bits per heavy atom. The molecule has 3 heteroatoms. The molecule has 0 aliphatic carbocycles. The summed E-state index contributed by atoms with van der Waals surface area (Å²) in [4.78, 5) is 11.1. The molecule has 3 nitrogen and oxygen atoms in total. The number of hydrogen-bond acceptors (Lipinski definition) is 2. The highest BCUT2D eigenvalue weighted by Crippen LogP contribution is 1.89. The molecule has 0 saturated heterocycles. The van der Waals surface area contributed by atoms with Crippen molar-refractivity contribution in [1.82, 2.24) is 5.32 Å². The van der Waals surface area contributed by atoms with E-state index in [1.807, 2.05) is 6.92 Å². The fourth-order valence-electron chi connectivity index (χ4n) is 0.641. The molecular formula is C10H19NO2. The Labute approximate surface area is 80.9 Å². The molecule has 0 radical (unpaired) electrons. The fourth-order valence-corrected chi connectivity index (χ4v) is 0.641. The van der Waals surface area contributed by atoms with Gasteiger partial charge in [-0.05, 0) is 13.3 Å². The van der Waals surface area contributed by atoms with Gasteiger partial charge in [-0.1, -0.05) is 20.3 Å². The molecule has 0 saturated carbocycles. The minimum absolute atomic E-state index is 0. The summed E-state index contributed by atoms with van der Waals surface area (Å²) in [6.07, 6.45) is 5.44. The van der Waals surface area contributed by atoms with Gasteiger partial charge in [-0.3, -0.25) is 4.79 Å². The van der Waals surface area contributed by atoms with Crippen molar-refractivity contribution in [3.8, 4) is 12.3 Å². The van der Waals surface area contributed by atoms with Crippen LogP contribution in [0.3, 0.4) is 0 Å². The number of carbonyl (C=O) groups is 1. The monoisotopic (exact) mass is 185 g/mol. The molecule has 0 aliphatic heterocycles. The number of carbonyl (C=O) groups excluding carboxylic acids is 1. The fraction of sp³-hybridized carbons (Fsp3) is 0.700. The van der Waals surface area contributed by atoms with Gasteiger partial charge in [0.15, 0.2) is 0 Å². The average Bonchev–Trinajstić information content (AvgIpc) is 2.10. The van der Waals surface area contributed by atoms with Crippen LogP contribution < -0.4 is 5.32 Å². The van der Waals surface area contributed by atoms with Crippen molar-refractivity contribution in [3.63, 3.8) is 0 Å². The summed E-state index contributed by atoms with van der Waals surface area (Å²) in [6, 6.07) is 0. The van der Waals surface area contributed by atoms with E-state index < -0.39 is 6.10 Å². The van der Waals surface area contributed by atoms with Crippen LogP contribution in [0.15, 0.2) is 0 Å². The summed E-state index contributed by atoms with van der Waals surface area (Å²) in [5, 5.41) is 2.71. The van der Waals surface area contributed by atoms with Gasteiger partial charge in [0.05, 0.1) is 0 Å². The molecule has 0 spiro atoms. The van der Waals surface area contributed by atoms with Crippen LogP contribution in [0, 0.1) is 12.3 Å². The second kappa shape index (κ2) is 9.08. The summed E-state index contributed by atoms with van der Waals surface area (Å²) < 4.78 is 5.00. The van der Waals surface area contributed by atoms with E-state index in [9.17, 15) is 4.79 Å². The van der Waals surface area contributed by atoms with E-state index >= 15 is 0 Å². The molecule has 76 valence electrons. The first-order chi connectivity index (χ1) is 5.72. The van der Waals surface area contributed by atoms with Crippen LogP contribution in [-0.2, 0) is 9.53 Å². The van der Waals surface area contributed by atoms with Crippen molar-refractivity contribution in [2.75, 3.05) is 13.2 Å². The molecule has 1 amide bonds. The Hall–Kier alpha value is -1.01. The Balaban J connectivity index is 0. The molecule has 0 aliphatic rings. The SMILES string of the molecule is C.C#CCOC(C)C(=O)NCCC. The number of rotatable bonds is 5. The van der Waals surface area contributed by atoms with Crippen LogP contribution in [0.5, 0.6) is 0 Å². The zero-order valence-electron chi connectivity index (χ0n) is 7.59. The minimum atomic E-state index is -0.451. The van der Waals surface area contributed by atoms with E-state index in [0.717, 1.165) is 6.42 Å². The maximum absolute atomic E-state index is 11.1. The summed E-state index contributed by atoms with van der Waals surface area (Å²) in [5.74, 6) is 2.20. The zero-order chi connectivity index (χ0) is 9.40. The predicted octanol–water partition coefficient (Wildman–Crippen LogP) is 1.19. The van der Waals surface area contributed by atoms with Crippen LogP contribution in [0.25, 0.3) is 0 Å². The van der Waals surface area contributed by atoms with Gasteiger partial charge in [0.25, 0.3) is 0 Å². The first-order valence-electron chi connectivity index (χ1n) is 4.05. The second-order valence-electron chi connectivity index (χ2n) is 2.45. The molecule has 0 fully saturated rings. The van der Waals surface area contributed by atoms with Crippen LogP contribution >= 0.6 is 0 Å². The van der Waals surface area contributed by atoms with Crippen LogP contribution in [0.1, 0.15) is 27.7 Å². The molecule has 13 heavy (non-hydrogen) atoms. The molecule has 0 aromatic rings. The number of terminal acetylenes is 1. The number of amides is 1. The third-order valence-electron chi connectivity index (χ3n) is 1.34. The van der Waals surface area contributed by atoms with Crippen molar-refractivity contribution in [1.29, 1.82) is 0 Å². The van der Waals surface area contributed by atoms with Gasteiger partial charge in [-0.15, -0.1) is 6.42 Å². The van der Waals surface area contributed by atoms with Gasteiger partial charge in [-0.25, -0.2) is 0 Å². The summed E-state index contributed by atoms with van der Waals surface area (Å²) >= 11 is 0. The predicted molar refractivity (Wildman–Crippen MR) is 54.3 cm³/mol. The average molecular weight is 185 g/mol. The van der Waals surface area contributed by atoms with Gasteiger partial charge in [0.2, 0.25) is 5.91 Å². The molecule has 0 aromatic heterocycles. The highest BCUT2D eigenvalue weighted by Gasteiger charge is 2.10. The summed E-state index contributed by atoms with van der Waals surface area (Å²) in [7, 11) is 0. The lowest BCUT2D eigenvalue weighted by Crippen LogP contribution is -2.34. The van der Waals surface area contributed by atoms with Crippen molar-refractivity contribution in [3.05, 3.63) is 0 Å². The zero-order valence-corrected chi connectivity index (χ0v) is 7.59. The van der Waals surface area contributed by atoms with Gasteiger partial charge in [0.1, 0.15) is 12.7 Å². The third kappa shape index (κ3) is 7.35. The maximum atomic E-state index is 11.1. The Morgan fingerprint density at radius 2 is 2.31 bits per heavy atom. The van der Waals surface area contributed by atoms with E-state index in [4.69, 9.17) is 11.2 Å². The van der Waals surface area contributed by atoms with E-state index in [0.29, 0.717) is 6.54 Å². The standard InChI is InChI=1S/C9H15NO2.CH4/c1-4-6-10-9(11)8(3)12-7-5-2;/h2,8H,4,6-7H2,1,3H3,(H,10,11);1H4. The van der Waals surface area contributed by atoms with E-state index in [1.54, 1.807) is 6.92 Å².